The average molecular weight is 236 g/mol. The molecule has 2 N–H and O–H groups in total. The lowest BCUT2D eigenvalue weighted by molar-refractivity contribution is -0.138. The molecule has 0 unspecified atom stereocenters. The van der Waals surface area contributed by atoms with Crippen LogP contribution >= 0.6 is 0 Å². The maximum Gasteiger partial charge on any atom is 0.418 e. The molecule has 8 heteroatoms. The number of primary amides is 1. The number of rotatable bonds is 2. The maximum absolute atomic E-state index is 12.3. The van der Waals surface area contributed by atoms with E-state index >= 15 is 0 Å². The van der Waals surface area contributed by atoms with Crippen molar-refractivity contribution < 1.29 is 27.4 Å². The van der Waals surface area contributed by atoms with Gasteiger partial charge in [0.25, 0.3) is 5.88 Å². The van der Waals surface area contributed by atoms with Crippen LogP contribution in [0.3, 0.4) is 0 Å². The minimum Gasteiger partial charge on any atom is -0.478 e. The van der Waals surface area contributed by atoms with E-state index in [4.69, 9.17) is 0 Å². The third kappa shape index (κ3) is 2.75. The first-order valence-electron chi connectivity index (χ1n) is 3.93. The van der Waals surface area contributed by atoms with Crippen LogP contribution in [0, 0.1) is 0 Å². The third-order valence-electron chi connectivity index (χ3n) is 1.55. The molecule has 0 spiro atoms. The molecular formula is C8H7F3N2O3. The quantitative estimate of drug-likeness (QED) is 0.845. The molecule has 1 rings (SSSR count). The Labute approximate surface area is 88.0 Å². The maximum atomic E-state index is 12.3. The zero-order valence-corrected chi connectivity index (χ0v) is 8.04. The molecule has 1 amide bonds. The van der Waals surface area contributed by atoms with Crippen LogP contribution < -0.4 is 15.2 Å². The topological polar surface area (TPSA) is 74.4 Å². The highest BCUT2D eigenvalue weighted by molar-refractivity contribution is 5.69. The Morgan fingerprint density at radius 2 is 2.12 bits per heavy atom. The number of carbonyl (C=O) groups is 1. The van der Waals surface area contributed by atoms with Crippen molar-refractivity contribution in [2.45, 2.75) is 6.18 Å². The molecule has 0 bridgehead atoms. The minimum atomic E-state index is -4.59. The summed E-state index contributed by atoms with van der Waals surface area (Å²) in [7, 11) is 1.17. The van der Waals surface area contributed by atoms with Gasteiger partial charge in [0.1, 0.15) is 0 Å². The van der Waals surface area contributed by atoms with Crippen molar-refractivity contribution >= 4 is 6.09 Å². The lowest BCUT2D eigenvalue weighted by Gasteiger charge is -2.10. The van der Waals surface area contributed by atoms with Crippen molar-refractivity contribution in [3.8, 4) is 11.6 Å². The fraction of sp³-hybridized carbons (Fsp3) is 0.250. The Morgan fingerprint density at radius 3 is 2.56 bits per heavy atom. The number of aromatic nitrogens is 1. The Morgan fingerprint density at radius 1 is 1.50 bits per heavy atom. The number of hydrogen-bond donors (Lipinski definition) is 1. The first kappa shape index (κ1) is 12.1. The van der Waals surface area contributed by atoms with E-state index in [0.29, 0.717) is 12.3 Å². The van der Waals surface area contributed by atoms with Gasteiger partial charge < -0.3 is 15.2 Å². The van der Waals surface area contributed by atoms with Gasteiger partial charge >= 0.3 is 12.3 Å². The lowest BCUT2D eigenvalue weighted by Crippen LogP contribution is -2.17. The first-order chi connectivity index (χ1) is 7.34. The number of carbonyl (C=O) groups excluding carboxylic acids is 1. The van der Waals surface area contributed by atoms with Crippen molar-refractivity contribution in [3.05, 3.63) is 17.8 Å². The first-order valence-corrected chi connectivity index (χ1v) is 3.93. The summed E-state index contributed by atoms with van der Waals surface area (Å²) < 4.78 is 45.8. The summed E-state index contributed by atoms with van der Waals surface area (Å²) in [6.45, 7) is 0. The van der Waals surface area contributed by atoms with Gasteiger partial charge in [0.2, 0.25) is 0 Å². The molecule has 0 radical (unpaired) electrons. The van der Waals surface area contributed by atoms with Crippen LogP contribution in [0.4, 0.5) is 18.0 Å². The van der Waals surface area contributed by atoms with E-state index < -0.39 is 23.6 Å². The smallest absolute Gasteiger partial charge is 0.418 e. The summed E-state index contributed by atoms with van der Waals surface area (Å²) in [5.41, 5.74) is 3.62. The van der Waals surface area contributed by atoms with E-state index in [1.807, 2.05) is 0 Å². The monoisotopic (exact) mass is 236 g/mol. The lowest BCUT2D eigenvalue weighted by atomic mass is 10.2. The van der Waals surface area contributed by atoms with Gasteiger partial charge in [-0.25, -0.2) is 9.78 Å². The summed E-state index contributed by atoms with van der Waals surface area (Å²) in [5, 5.41) is 0. The summed E-state index contributed by atoms with van der Waals surface area (Å²) in [5.74, 6) is -0.739. The number of methoxy groups -OCH3 is 1. The van der Waals surface area contributed by atoms with Crippen molar-refractivity contribution in [3.63, 3.8) is 0 Å². The molecule has 0 aromatic carbocycles. The molecule has 0 saturated heterocycles. The Balaban J connectivity index is 3.16. The number of halogens is 3. The Bertz CT molecular complexity index is 406. The highest BCUT2D eigenvalue weighted by atomic mass is 19.4. The van der Waals surface area contributed by atoms with Crippen LogP contribution in [0.25, 0.3) is 0 Å². The number of alkyl halides is 3. The van der Waals surface area contributed by atoms with Crippen LogP contribution in [0.15, 0.2) is 12.3 Å². The van der Waals surface area contributed by atoms with Crippen molar-refractivity contribution in [2.24, 2.45) is 5.73 Å². The number of ether oxygens (including phenoxy) is 2. The standard InChI is InChI=1S/C8H7F3N2O3/c1-15-6-5(16-7(12)14)2-4(3-13-6)8(9,10)11/h2-3H,1H3,(H2,12,14). The molecule has 0 fully saturated rings. The molecule has 0 saturated carbocycles. The fourth-order valence-corrected chi connectivity index (χ4v) is 0.922. The SMILES string of the molecule is COc1ncc(C(F)(F)F)cc1OC(N)=O. The Kier molecular flexibility index (Phi) is 3.21. The van der Waals surface area contributed by atoms with Crippen molar-refractivity contribution in [1.82, 2.24) is 4.98 Å². The molecule has 1 aromatic rings. The van der Waals surface area contributed by atoms with E-state index in [2.05, 4.69) is 20.2 Å². The number of nitrogens with two attached hydrogens (primary N) is 1. The molecule has 1 heterocycles. The predicted octanol–water partition coefficient (Wildman–Crippen LogP) is 1.57. The Hall–Kier alpha value is -1.99. The molecule has 5 nitrogen and oxygen atoms in total. The number of pyridine rings is 1. The van der Waals surface area contributed by atoms with E-state index in [9.17, 15) is 18.0 Å². The summed E-state index contributed by atoms with van der Waals surface area (Å²) >= 11 is 0. The molecule has 0 atom stereocenters. The van der Waals surface area contributed by atoms with Crippen LogP contribution in [0.1, 0.15) is 5.56 Å². The zero-order valence-electron chi connectivity index (χ0n) is 8.04. The van der Waals surface area contributed by atoms with Crippen molar-refractivity contribution in [1.29, 1.82) is 0 Å². The normalized spacial score (nSPS) is 11.0. The number of nitrogens with zero attached hydrogens (tertiary/aromatic N) is 1. The second kappa shape index (κ2) is 4.25. The highest BCUT2D eigenvalue weighted by Crippen LogP contribution is 2.34. The number of amides is 1. The summed E-state index contributed by atoms with van der Waals surface area (Å²) in [6, 6.07) is 0.580. The molecular weight excluding hydrogens is 229 g/mol. The average Bonchev–Trinajstić information content (AvgIpc) is 2.15. The van der Waals surface area contributed by atoms with Crippen LogP contribution in [-0.4, -0.2) is 18.2 Å². The van der Waals surface area contributed by atoms with Crippen LogP contribution in [-0.2, 0) is 6.18 Å². The van der Waals surface area contributed by atoms with Gasteiger partial charge in [-0.05, 0) is 0 Å². The van der Waals surface area contributed by atoms with Crippen molar-refractivity contribution in [2.75, 3.05) is 7.11 Å². The van der Waals surface area contributed by atoms with E-state index in [0.717, 1.165) is 0 Å². The summed E-state index contributed by atoms with van der Waals surface area (Å²) in [4.78, 5) is 13.8. The van der Waals surface area contributed by atoms with Gasteiger partial charge in [0.05, 0.1) is 12.7 Å². The van der Waals surface area contributed by atoms with Gasteiger partial charge in [0.15, 0.2) is 5.75 Å². The second-order valence-corrected chi connectivity index (χ2v) is 2.65. The zero-order chi connectivity index (χ0) is 12.3. The molecule has 1 aromatic heterocycles. The van der Waals surface area contributed by atoms with Gasteiger partial charge in [-0.2, -0.15) is 13.2 Å². The molecule has 16 heavy (non-hydrogen) atoms. The van der Waals surface area contributed by atoms with Gasteiger partial charge in [0, 0.05) is 12.3 Å². The van der Waals surface area contributed by atoms with Gasteiger partial charge in [-0.3, -0.25) is 0 Å². The second-order valence-electron chi connectivity index (χ2n) is 2.65. The molecule has 0 aliphatic rings. The fourth-order valence-electron chi connectivity index (χ4n) is 0.922. The predicted molar refractivity (Wildman–Crippen MR) is 46.0 cm³/mol. The van der Waals surface area contributed by atoms with Crippen LogP contribution in [0.2, 0.25) is 0 Å². The molecule has 0 aliphatic carbocycles. The van der Waals surface area contributed by atoms with E-state index in [-0.39, 0.29) is 5.88 Å². The molecule has 88 valence electrons. The number of hydrogen-bond acceptors (Lipinski definition) is 4. The molecule has 0 aliphatic heterocycles. The highest BCUT2D eigenvalue weighted by Gasteiger charge is 2.32. The van der Waals surface area contributed by atoms with E-state index in [1.165, 1.54) is 7.11 Å². The van der Waals surface area contributed by atoms with Crippen LogP contribution in [0.5, 0.6) is 11.6 Å². The minimum absolute atomic E-state index is 0.258. The van der Waals surface area contributed by atoms with Gasteiger partial charge in [-0.15, -0.1) is 0 Å². The largest absolute Gasteiger partial charge is 0.478 e. The van der Waals surface area contributed by atoms with Gasteiger partial charge in [-0.1, -0.05) is 0 Å². The summed E-state index contributed by atoms with van der Waals surface area (Å²) in [6.07, 6.45) is -5.28. The van der Waals surface area contributed by atoms with E-state index in [1.54, 1.807) is 0 Å². The third-order valence-corrected chi connectivity index (χ3v) is 1.55.